The standard InChI is InChI=1S/C29H28.C2H6/c1-21-5-13-25(14-6-21)29(26-15-7-22(2)8-16-26,27-17-9-23(3)10-18-27)28-19-11-24(4)12-20-28;1-2/h5-20H,1-4H3;1-2H3. The number of hydrogen-bond donors (Lipinski definition) is 0. The van der Waals surface area contributed by atoms with Crippen molar-refractivity contribution in [3.63, 3.8) is 0 Å². The van der Waals surface area contributed by atoms with Crippen molar-refractivity contribution >= 4 is 0 Å². The average molecular weight is 407 g/mol. The molecule has 0 atom stereocenters. The van der Waals surface area contributed by atoms with Crippen LogP contribution in [0.5, 0.6) is 0 Å². The fourth-order valence-electron chi connectivity index (χ4n) is 4.21. The van der Waals surface area contributed by atoms with E-state index in [0.717, 1.165) is 0 Å². The summed E-state index contributed by atoms with van der Waals surface area (Å²) in [5, 5.41) is 0. The van der Waals surface area contributed by atoms with E-state index in [1.54, 1.807) is 0 Å². The normalized spacial score (nSPS) is 10.9. The minimum atomic E-state index is -0.358. The first kappa shape index (κ1) is 22.6. The molecule has 0 saturated carbocycles. The van der Waals surface area contributed by atoms with Crippen LogP contribution in [0.3, 0.4) is 0 Å². The molecule has 0 heteroatoms. The number of rotatable bonds is 4. The van der Waals surface area contributed by atoms with E-state index in [-0.39, 0.29) is 5.41 Å². The molecule has 158 valence electrons. The number of aryl methyl sites for hydroxylation is 4. The molecule has 0 aromatic heterocycles. The van der Waals surface area contributed by atoms with Crippen molar-refractivity contribution in [1.29, 1.82) is 0 Å². The Kier molecular flexibility index (Phi) is 7.13. The zero-order valence-electron chi connectivity index (χ0n) is 19.7. The fraction of sp³-hybridized carbons (Fsp3) is 0.226. The van der Waals surface area contributed by atoms with E-state index in [9.17, 15) is 0 Å². The molecule has 4 rings (SSSR count). The van der Waals surface area contributed by atoms with Crippen molar-refractivity contribution in [3.05, 3.63) is 142 Å². The summed E-state index contributed by atoms with van der Waals surface area (Å²) in [6.45, 7) is 12.6. The van der Waals surface area contributed by atoms with Gasteiger partial charge in [0.1, 0.15) is 0 Å². The molecular formula is C31H34. The van der Waals surface area contributed by atoms with Crippen LogP contribution < -0.4 is 0 Å². The van der Waals surface area contributed by atoms with E-state index in [1.807, 2.05) is 13.8 Å². The molecule has 31 heavy (non-hydrogen) atoms. The lowest BCUT2D eigenvalue weighted by Crippen LogP contribution is -2.31. The monoisotopic (exact) mass is 406 g/mol. The highest BCUT2D eigenvalue weighted by Crippen LogP contribution is 2.45. The Hall–Kier alpha value is -3.12. The molecule has 0 heterocycles. The van der Waals surface area contributed by atoms with Gasteiger partial charge in [0, 0.05) is 0 Å². The zero-order valence-corrected chi connectivity index (χ0v) is 19.7. The van der Waals surface area contributed by atoms with Crippen LogP contribution in [0.15, 0.2) is 97.1 Å². The summed E-state index contributed by atoms with van der Waals surface area (Å²) in [7, 11) is 0. The summed E-state index contributed by atoms with van der Waals surface area (Å²) in [6.07, 6.45) is 0. The quantitative estimate of drug-likeness (QED) is 0.299. The SMILES string of the molecule is CC.Cc1ccc(C(c2ccc(C)cc2)(c2ccc(C)cc2)c2ccc(C)cc2)cc1. The van der Waals surface area contributed by atoms with Gasteiger partial charge in [0.05, 0.1) is 5.41 Å². The van der Waals surface area contributed by atoms with Gasteiger partial charge in [-0.05, 0) is 49.9 Å². The second kappa shape index (κ2) is 9.79. The van der Waals surface area contributed by atoms with Crippen LogP contribution >= 0.6 is 0 Å². The van der Waals surface area contributed by atoms with Gasteiger partial charge >= 0.3 is 0 Å². The fourth-order valence-corrected chi connectivity index (χ4v) is 4.21. The van der Waals surface area contributed by atoms with Crippen molar-refractivity contribution in [1.82, 2.24) is 0 Å². The maximum absolute atomic E-state index is 2.29. The molecule has 0 unspecified atom stereocenters. The Bertz CT molecular complexity index is 893. The molecule has 0 nitrogen and oxygen atoms in total. The summed E-state index contributed by atoms with van der Waals surface area (Å²) < 4.78 is 0. The van der Waals surface area contributed by atoms with Gasteiger partial charge in [0.25, 0.3) is 0 Å². The van der Waals surface area contributed by atoms with Gasteiger partial charge in [0.15, 0.2) is 0 Å². The predicted molar refractivity (Wildman–Crippen MR) is 135 cm³/mol. The Morgan fingerprint density at radius 3 is 0.645 bits per heavy atom. The van der Waals surface area contributed by atoms with Crippen LogP contribution in [0.4, 0.5) is 0 Å². The highest BCUT2D eigenvalue weighted by Gasteiger charge is 2.38. The molecule has 0 bridgehead atoms. The summed E-state index contributed by atoms with van der Waals surface area (Å²) in [5.41, 5.74) is 9.92. The Morgan fingerprint density at radius 2 is 0.484 bits per heavy atom. The zero-order chi connectivity index (χ0) is 22.4. The third-order valence-electron chi connectivity index (χ3n) is 5.94. The van der Waals surface area contributed by atoms with Gasteiger partial charge in [-0.25, -0.2) is 0 Å². The van der Waals surface area contributed by atoms with Crippen LogP contribution in [-0.4, -0.2) is 0 Å². The molecule has 0 radical (unpaired) electrons. The van der Waals surface area contributed by atoms with Gasteiger partial charge in [-0.2, -0.15) is 0 Å². The molecule has 0 aliphatic rings. The lowest BCUT2D eigenvalue weighted by atomic mass is 9.65. The van der Waals surface area contributed by atoms with E-state index in [4.69, 9.17) is 0 Å². The maximum atomic E-state index is 2.29. The Morgan fingerprint density at radius 1 is 0.323 bits per heavy atom. The summed E-state index contributed by atoms with van der Waals surface area (Å²) in [5.74, 6) is 0. The van der Waals surface area contributed by atoms with Crippen molar-refractivity contribution in [2.45, 2.75) is 47.0 Å². The summed E-state index contributed by atoms with van der Waals surface area (Å²) >= 11 is 0. The number of benzene rings is 4. The molecule has 0 spiro atoms. The van der Waals surface area contributed by atoms with E-state index >= 15 is 0 Å². The molecule has 0 saturated heterocycles. The number of hydrogen-bond acceptors (Lipinski definition) is 0. The van der Waals surface area contributed by atoms with E-state index < -0.39 is 0 Å². The summed E-state index contributed by atoms with van der Waals surface area (Å²) in [6, 6.07) is 36.1. The summed E-state index contributed by atoms with van der Waals surface area (Å²) in [4.78, 5) is 0. The molecular weight excluding hydrogens is 372 g/mol. The second-order valence-corrected chi connectivity index (χ2v) is 8.21. The largest absolute Gasteiger partial charge is 0.0701 e. The average Bonchev–Trinajstić information content (AvgIpc) is 2.80. The van der Waals surface area contributed by atoms with Gasteiger partial charge < -0.3 is 0 Å². The van der Waals surface area contributed by atoms with Crippen molar-refractivity contribution in [2.24, 2.45) is 0 Å². The van der Waals surface area contributed by atoms with Gasteiger partial charge in [-0.1, -0.05) is 133 Å². The van der Waals surface area contributed by atoms with Crippen molar-refractivity contribution < 1.29 is 0 Å². The Labute approximate surface area is 188 Å². The minimum Gasteiger partial charge on any atom is -0.0683 e. The highest BCUT2D eigenvalue weighted by atomic mass is 14.4. The van der Waals surface area contributed by atoms with Crippen LogP contribution in [-0.2, 0) is 5.41 Å². The van der Waals surface area contributed by atoms with Gasteiger partial charge in [0.2, 0.25) is 0 Å². The second-order valence-electron chi connectivity index (χ2n) is 8.21. The lowest BCUT2D eigenvalue weighted by Gasteiger charge is -2.37. The molecule has 0 amide bonds. The first-order valence-electron chi connectivity index (χ1n) is 11.3. The first-order valence-corrected chi connectivity index (χ1v) is 11.3. The first-order chi connectivity index (χ1) is 15.0. The lowest BCUT2D eigenvalue weighted by molar-refractivity contribution is 0.743. The van der Waals surface area contributed by atoms with Gasteiger partial charge in [-0.3, -0.25) is 0 Å². The van der Waals surface area contributed by atoms with Gasteiger partial charge in [-0.15, -0.1) is 0 Å². The smallest absolute Gasteiger partial charge is 0.0683 e. The van der Waals surface area contributed by atoms with Crippen LogP contribution in [0.1, 0.15) is 58.4 Å². The topological polar surface area (TPSA) is 0 Å². The molecule has 0 aliphatic carbocycles. The molecule has 0 fully saturated rings. The molecule has 4 aromatic rings. The van der Waals surface area contributed by atoms with E-state index in [0.29, 0.717) is 0 Å². The van der Waals surface area contributed by atoms with Crippen LogP contribution in [0.25, 0.3) is 0 Å². The van der Waals surface area contributed by atoms with Crippen molar-refractivity contribution in [3.8, 4) is 0 Å². The molecule has 0 N–H and O–H groups in total. The van der Waals surface area contributed by atoms with Crippen molar-refractivity contribution in [2.75, 3.05) is 0 Å². The van der Waals surface area contributed by atoms with E-state index in [2.05, 4.69) is 125 Å². The third kappa shape index (κ3) is 4.49. The Balaban J connectivity index is 0.00000132. The van der Waals surface area contributed by atoms with Crippen LogP contribution in [0, 0.1) is 27.7 Å². The highest BCUT2D eigenvalue weighted by molar-refractivity contribution is 5.60. The molecule has 0 aliphatic heterocycles. The predicted octanol–water partition coefficient (Wildman–Crippen LogP) is 8.33. The van der Waals surface area contributed by atoms with E-state index in [1.165, 1.54) is 44.5 Å². The van der Waals surface area contributed by atoms with Crippen LogP contribution in [0.2, 0.25) is 0 Å². The maximum Gasteiger partial charge on any atom is 0.0701 e. The third-order valence-corrected chi connectivity index (χ3v) is 5.94. The molecule has 4 aromatic carbocycles. The minimum absolute atomic E-state index is 0.358.